The van der Waals surface area contributed by atoms with Crippen molar-refractivity contribution < 1.29 is 28.8 Å². The van der Waals surface area contributed by atoms with Crippen molar-refractivity contribution >= 4 is 22.3 Å². The third-order valence-electron chi connectivity index (χ3n) is 3.78. The molecular formula is C15H11LiO2. The predicted molar refractivity (Wildman–Crippen MR) is 65.3 cm³/mol. The number of carbonyl (C=O) groups excluding carboxylic acids is 1. The molecule has 0 heterocycles. The van der Waals surface area contributed by atoms with E-state index in [0.29, 0.717) is 5.57 Å². The summed E-state index contributed by atoms with van der Waals surface area (Å²) in [7, 11) is 0. The van der Waals surface area contributed by atoms with Crippen molar-refractivity contribution in [2.75, 3.05) is 0 Å². The van der Waals surface area contributed by atoms with Gasteiger partial charge in [0.2, 0.25) is 0 Å². The molecule has 2 nitrogen and oxygen atoms in total. The van der Waals surface area contributed by atoms with Gasteiger partial charge in [-0.05, 0) is 34.4 Å². The summed E-state index contributed by atoms with van der Waals surface area (Å²) < 4.78 is 0. The first kappa shape index (κ1) is 13.0. The smallest absolute Gasteiger partial charge is 0.549 e. The number of carboxylic acid groups (broad SMARTS) is 1. The molecule has 1 atom stereocenters. The summed E-state index contributed by atoms with van der Waals surface area (Å²) in [6.07, 6.45) is 0. The second kappa shape index (κ2) is 4.02. The number of aliphatic carboxylic acids is 1. The third-order valence-corrected chi connectivity index (χ3v) is 3.78. The molecule has 3 heteroatoms. The molecule has 18 heavy (non-hydrogen) atoms. The van der Waals surface area contributed by atoms with Gasteiger partial charge in [-0.25, -0.2) is 0 Å². The van der Waals surface area contributed by atoms with Crippen molar-refractivity contribution in [3.05, 3.63) is 54.1 Å². The van der Waals surface area contributed by atoms with Crippen molar-refractivity contribution in [3.8, 4) is 0 Å². The van der Waals surface area contributed by atoms with Crippen LogP contribution in [0.25, 0.3) is 16.3 Å². The predicted octanol–water partition coefficient (Wildman–Crippen LogP) is -1.12. The van der Waals surface area contributed by atoms with Gasteiger partial charge in [0.05, 0.1) is 11.4 Å². The van der Waals surface area contributed by atoms with E-state index in [9.17, 15) is 9.90 Å². The SMILES string of the molecule is C=C1c2cccc3cccc(c23)C1(C)C(=O)[O-].[Li+]. The molecule has 2 aromatic carbocycles. The fourth-order valence-electron chi connectivity index (χ4n) is 2.67. The largest absolute Gasteiger partial charge is 1.00 e. The molecule has 0 saturated heterocycles. The van der Waals surface area contributed by atoms with Gasteiger partial charge in [0.1, 0.15) is 0 Å². The van der Waals surface area contributed by atoms with Gasteiger partial charge in [0, 0.05) is 0 Å². The number of benzene rings is 2. The van der Waals surface area contributed by atoms with Crippen LogP contribution in [0, 0.1) is 0 Å². The number of carboxylic acids is 1. The minimum atomic E-state index is -1.11. The molecule has 0 fully saturated rings. The molecule has 0 aromatic heterocycles. The van der Waals surface area contributed by atoms with Crippen LogP contribution in [0.3, 0.4) is 0 Å². The van der Waals surface area contributed by atoms with Crippen molar-refractivity contribution in [1.82, 2.24) is 0 Å². The van der Waals surface area contributed by atoms with Crippen LogP contribution in [0.2, 0.25) is 0 Å². The fraction of sp³-hybridized carbons (Fsp3) is 0.133. The Kier molecular flexibility index (Phi) is 2.89. The second-order valence-corrected chi connectivity index (χ2v) is 4.60. The summed E-state index contributed by atoms with van der Waals surface area (Å²) in [6, 6.07) is 11.5. The van der Waals surface area contributed by atoms with E-state index in [2.05, 4.69) is 6.58 Å². The Bertz CT molecular complexity index is 670. The van der Waals surface area contributed by atoms with Crippen molar-refractivity contribution in [1.29, 1.82) is 0 Å². The summed E-state index contributed by atoms with van der Waals surface area (Å²) in [5.41, 5.74) is 1.22. The maximum absolute atomic E-state index is 11.5. The van der Waals surface area contributed by atoms with Crippen molar-refractivity contribution in [2.45, 2.75) is 12.3 Å². The van der Waals surface area contributed by atoms with Crippen molar-refractivity contribution in [3.63, 3.8) is 0 Å². The van der Waals surface area contributed by atoms with Crippen LogP contribution in [0.15, 0.2) is 43.0 Å². The van der Waals surface area contributed by atoms with E-state index in [4.69, 9.17) is 0 Å². The average Bonchev–Trinajstić information content (AvgIpc) is 2.56. The van der Waals surface area contributed by atoms with E-state index in [0.717, 1.165) is 21.9 Å². The maximum atomic E-state index is 11.5. The Labute approximate surface area is 117 Å². The van der Waals surface area contributed by atoms with E-state index in [1.165, 1.54) is 0 Å². The van der Waals surface area contributed by atoms with Gasteiger partial charge in [0.15, 0.2) is 0 Å². The zero-order valence-electron chi connectivity index (χ0n) is 10.5. The average molecular weight is 230 g/mol. The Morgan fingerprint density at radius 2 is 1.83 bits per heavy atom. The van der Waals surface area contributed by atoms with E-state index < -0.39 is 11.4 Å². The van der Waals surface area contributed by atoms with Gasteiger partial charge < -0.3 is 9.90 Å². The standard InChI is InChI=1S/C15H12O2.Li/c1-9-11-7-3-5-10-6-4-8-12(13(10)11)15(9,2)14(16)17;/h3-8H,1H2,2H3,(H,16,17);/q;+1/p-1. The first-order valence-corrected chi connectivity index (χ1v) is 5.50. The first-order valence-electron chi connectivity index (χ1n) is 5.50. The summed E-state index contributed by atoms with van der Waals surface area (Å²) in [4.78, 5) is 11.5. The fourth-order valence-corrected chi connectivity index (χ4v) is 2.67. The monoisotopic (exact) mass is 230 g/mol. The zero-order chi connectivity index (χ0) is 12.2. The molecule has 1 aliphatic rings. The first-order chi connectivity index (χ1) is 8.06. The molecule has 3 rings (SSSR count). The Morgan fingerprint density at radius 1 is 1.22 bits per heavy atom. The summed E-state index contributed by atoms with van der Waals surface area (Å²) in [5, 5.41) is 13.5. The molecule has 0 bridgehead atoms. The molecule has 0 amide bonds. The molecule has 0 N–H and O–H groups in total. The summed E-state index contributed by atoms with van der Waals surface area (Å²) >= 11 is 0. The van der Waals surface area contributed by atoms with Gasteiger partial charge in [-0.2, -0.15) is 0 Å². The van der Waals surface area contributed by atoms with Gasteiger partial charge in [-0.3, -0.25) is 0 Å². The number of rotatable bonds is 1. The Hall–Kier alpha value is -1.49. The minimum Gasteiger partial charge on any atom is -0.549 e. The molecule has 1 aliphatic carbocycles. The molecular weight excluding hydrogens is 219 g/mol. The second-order valence-electron chi connectivity index (χ2n) is 4.60. The quantitative estimate of drug-likeness (QED) is 0.582. The molecule has 0 spiro atoms. The van der Waals surface area contributed by atoms with Crippen LogP contribution in [0.5, 0.6) is 0 Å². The summed E-state index contributed by atoms with van der Waals surface area (Å²) in [6.45, 7) is 5.61. The van der Waals surface area contributed by atoms with Gasteiger partial charge >= 0.3 is 18.9 Å². The van der Waals surface area contributed by atoms with Crippen LogP contribution < -0.4 is 24.0 Å². The van der Waals surface area contributed by atoms with E-state index in [-0.39, 0.29) is 18.9 Å². The van der Waals surface area contributed by atoms with Gasteiger partial charge in [0.25, 0.3) is 0 Å². The van der Waals surface area contributed by atoms with E-state index in [1.54, 1.807) is 6.92 Å². The topological polar surface area (TPSA) is 40.1 Å². The molecule has 0 saturated carbocycles. The molecule has 2 aromatic rings. The third kappa shape index (κ3) is 1.34. The van der Waals surface area contributed by atoms with Gasteiger partial charge in [-0.1, -0.05) is 43.0 Å². The van der Waals surface area contributed by atoms with Crippen LogP contribution in [-0.2, 0) is 10.2 Å². The number of hydrogen-bond donors (Lipinski definition) is 0. The zero-order valence-corrected chi connectivity index (χ0v) is 10.5. The maximum Gasteiger partial charge on any atom is 1.00 e. The van der Waals surface area contributed by atoms with E-state index in [1.807, 2.05) is 36.4 Å². The number of hydrogen-bond acceptors (Lipinski definition) is 2. The van der Waals surface area contributed by atoms with Crippen LogP contribution >= 0.6 is 0 Å². The molecule has 0 aliphatic heterocycles. The Balaban J connectivity index is 0.00000120. The van der Waals surface area contributed by atoms with E-state index >= 15 is 0 Å². The molecule has 84 valence electrons. The molecule has 0 radical (unpaired) electrons. The van der Waals surface area contributed by atoms with Crippen LogP contribution in [-0.4, -0.2) is 5.97 Å². The van der Waals surface area contributed by atoms with Crippen LogP contribution in [0.1, 0.15) is 18.1 Å². The molecule has 1 unspecified atom stereocenters. The number of carbonyl (C=O) groups is 1. The van der Waals surface area contributed by atoms with Gasteiger partial charge in [-0.15, -0.1) is 0 Å². The minimum absolute atomic E-state index is 0. The Morgan fingerprint density at radius 3 is 2.44 bits per heavy atom. The normalized spacial score (nSPS) is 20.8. The van der Waals surface area contributed by atoms with Crippen LogP contribution in [0.4, 0.5) is 0 Å². The summed E-state index contributed by atoms with van der Waals surface area (Å²) in [5.74, 6) is -1.09. The van der Waals surface area contributed by atoms with Crippen molar-refractivity contribution in [2.24, 2.45) is 0 Å².